The van der Waals surface area contributed by atoms with Gasteiger partial charge in [0.1, 0.15) is 28.9 Å². The Morgan fingerprint density at radius 2 is 1.92 bits per heavy atom. The van der Waals surface area contributed by atoms with Crippen LogP contribution in [0.25, 0.3) is 16.7 Å². The van der Waals surface area contributed by atoms with Crippen molar-refractivity contribution in [3.63, 3.8) is 0 Å². The number of amides is 2. The number of rotatable bonds is 5. The fourth-order valence-electron chi connectivity index (χ4n) is 4.42. The number of para-hydroxylation sites is 1. The highest BCUT2D eigenvalue weighted by Gasteiger charge is 2.50. The van der Waals surface area contributed by atoms with E-state index in [0.29, 0.717) is 0 Å². The standard InChI is InChI=1S/C24H19ClF4N4O4/c25-15-2-1-3-16(26)19(15)33-10-14(23(37)31-21(11-4-5-11)24(27,28)29)20(36)13-6-7-17(30-22(13)33)32-9-12(34)8-18(32)35/h1-3,6-7,10-12,21,34H,4-5,8-9H2,(H,31,37)/t12-,21?/m0/s1. The Morgan fingerprint density at radius 3 is 2.51 bits per heavy atom. The highest BCUT2D eigenvalue weighted by atomic mass is 35.5. The summed E-state index contributed by atoms with van der Waals surface area (Å²) in [5.74, 6) is -3.28. The van der Waals surface area contributed by atoms with Gasteiger partial charge < -0.3 is 10.4 Å². The number of hydrogen-bond acceptors (Lipinski definition) is 5. The average molecular weight is 539 g/mol. The number of hydrogen-bond donors (Lipinski definition) is 2. The number of halogens is 5. The van der Waals surface area contributed by atoms with Crippen LogP contribution < -0.4 is 15.6 Å². The molecule has 3 aromatic rings. The maximum atomic E-state index is 14.9. The SMILES string of the molecule is O=C(NC(C1CC1)C(F)(F)F)c1cn(-c2c(F)cccc2Cl)c2nc(N3C[C@@H](O)CC3=O)ccc2c1=O. The maximum absolute atomic E-state index is 14.9. The van der Waals surface area contributed by atoms with Crippen LogP contribution in [0, 0.1) is 11.7 Å². The molecule has 2 atom stereocenters. The smallest absolute Gasteiger partial charge is 0.391 e. The second-order valence-electron chi connectivity index (χ2n) is 9.05. The molecule has 2 aliphatic rings. The van der Waals surface area contributed by atoms with E-state index >= 15 is 0 Å². The van der Waals surface area contributed by atoms with Crippen molar-refractivity contribution in [2.45, 2.75) is 37.6 Å². The lowest BCUT2D eigenvalue weighted by molar-refractivity contribution is -0.158. The number of aliphatic hydroxyl groups is 1. The Labute approximate surface area is 211 Å². The summed E-state index contributed by atoms with van der Waals surface area (Å²) >= 11 is 6.23. The molecule has 1 unspecified atom stereocenters. The first-order chi connectivity index (χ1) is 17.5. The Hall–Kier alpha value is -3.51. The molecule has 8 nitrogen and oxygen atoms in total. The number of nitrogens with one attached hydrogen (secondary N) is 1. The number of pyridine rings is 2. The first kappa shape index (κ1) is 25.2. The minimum Gasteiger partial charge on any atom is -0.391 e. The van der Waals surface area contributed by atoms with Gasteiger partial charge in [0.15, 0.2) is 5.65 Å². The van der Waals surface area contributed by atoms with Gasteiger partial charge in [-0.2, -0.15) is 13.2 Å². The molecule has 37 heavy (non-hydrogen) atoms. The summed E-state index contributed by atoms with van der Waals surface area (Å²) < 4.78 is 56.5. The van der Waals surface area contributed by atoms with E-state index in [-0.39, 0.29) is 53.4 Å². The number of aliphatic hydroxyl groups excluding tert-OH is 1. The van der Waals surface area contributed by atoms with E-state index in [1.807, 2.05) is 5.32 Å². The molecule has 2 fully saturated rings. The largest absolute Gasteiger partial charge is 0.408 e. The van der Waals surface area contributed by atoms with Crippen LogP contribution in [0.2, 0.25) is 5.02 Å². The van der Waals surface area contributed by atoms with Crippen LogP contribution in [-0.4, -0.2) is 51.3 Å². The molecule has 1 saturated carbocycles. The van der Waals surface area contributed by atoms with E-state index in [4.69, 9.17) is 11.6 Å². The maximum Gasteiger partial charge on any atom is 0.408 e. The van der Waals surface area contributed by atoms with E-state index in [1.54, 1.807) is 0 Å². The zero-order valence-corrected chi connectivity index (χ0v) is 19.7. The van der Waals surface area contributed by atoms with Crippen LogP contribution in [0.1, 0.15) is 29.6 Å². The Bertz CT molecular complexity index is 1470. The zero-order chi connectivity index (χ0) is 26.6. The number of anilines is 1. The molecule has 0 spiro atoms. The number of carbonyl (C=O) groups excluding carboxylic acids is 2. The molecule has 1 aliphatic carbocycles. The van der Waals surface area contributed by atoms with Gasteiger partial charge in [0.25, 0.3) is 5.91 Å². The molecule has 0 bridgehead atoms. The average Bonchev–Trinajstić information content (AvgIpc) is 3.60. The summed E-state index contributed by atoms with van der Waals surface area (Å²) in [6.45, 7) is -0.0531. The number of benzene rings is 1. The molecule has 1 aromatic carbocycles. The molecular formula is C24H19ClF4N4O4. The molecular weight excluding hydrogens is 520 g/mol. The van der Waals surface area contributed by atoms with Crippen molar-refractivity contribution in [3.05, 3.63) is 63.2 Å². The highest BCUT2D eigenvalue weighted by molar-refractivity contribution is 6.32. The van der Waals surface area contributed by atoms with E-state index < -0.39 is 52.9 Å². The van der Waals surface area contributed by atoms with Gasteiger partial charge in [0, 0.05) is 6.20 Å². The third-order valence-electron chi connectivity index (χ3n) is 6.37. The molecule has 3 heterocycles. The lowest BCUT2D eigenvalue weighted by Gasteiger charge is -2.22. The molecule has 0 radical (unpaired) electrons. The lowest BCUT2D eigenvalue weighted by atomic mass is 10.1. The Morgan fingerprint density at radius 1 is 1.19 bits per heavy atom. The van der Waals surface area contributed by atoms with Crippen LogP contribution >= 0.6 is 11.6 Å². The van der Waals surface area contributed by atoms with Crippen molar-refractivity contribution >= 4 is 40.3 Å². The summed E-state index contributed by atoms with van der Waals surface area (Å²) in [6, 6.07) is 4.16. The molecule has 5 rings (SSSR count). The number of carbonyl (C=O) groups is 2. The van der Waals surface area contributed by atoms with Crippen LogP contribution in [0.3, 0.4) is 0 Å². The van der Waals surface area contributed by atoms with Gasteiger partial charge in [0.2, 0.25) is 11.3 Å². The molecule has 2 N–H and O–H groups in total. The topological polar surface area (TPSA) is 105 Å². The summed E-state index contributed by atoms with van der Waals surface area (Å²) in [5.41, 5.74) is -2.08. The van der Waals surface area contributed by atoms with Crippen molar-refractivity contribution in [2.24, 2.45) is 5.92 Å². The zero-order valence-electron chi connectivity index (χ0n) is 18.9. The van der Waals surface area contributed by atoms with Crippen LogP contribution in [0.5, 0.6) is 0 Å². The second kappa shape index (κ2) is 9.10. The van der Waals surface area contributed by atoms with Gasteiger partial charge >= 0.3 is 6.18 Å². The van der Waals surface area contributed by atoms with Gasteiger partial charge in [-0.1, -0.05) is 17.7 Å². The van der Waals surface area contributed by atoms with Crippen LogP contribution in [0.4, 0.5) is 23.4 Å². The molecule has 2 amide bonds. The summed E-state index contributed by atoms with van der Waals surface area (Å²) in [6.07, 6.45) is -4.31. The van der Waals surface area contributed by atoms with Crippen LogP contribution in [-0.2, 0) is 4.79 Å². The number of nitrogens with zero attached hydrogens (tertiary/aromatic N) is 3. The quantitative estimate of drug-likeness (QED) is 0.485. The first-order valence-electron chi connectivity index (χ1n) is 11.3. The number of fused-ring (bicyclic) bond motifs is 1. The summed E-state index contributed by atoms with van der Waals surface area (Å²) in [4.78, 5) is 44.0. The van der Waals surface area contributed by atoms with E-state index in [1.165, 1.54) is 29.2 Å². The fraction of sp³-hybridized carbons (Fsp3) is 0.333. The van der Waals surface area contributed by atoms with Crippen molar-refractivity contribution in [2.75, 3.05) is 11.4 Å². The Kier molecular flexibility index (Phi) is 6.19. The van der Waals surface area contributed by atoms with Gasteiger partial charge in [-0.3, -0.25) is 23.9 Å². The van der Waals surface area contributed by atoms with E-state index in [2.05, 4.69) is 4.98 Å². The van der Waals surface area contributed by atoms with Crippen molar-refractivity contribution in [3.8, 4) is 5.69 Å². The lowest BCUT2D eigenvalue weighted by Crippen LogP contribution is -2.48. The molecule has 194 valence electrons. The second-order valence-corrected chi connectivity index (χ2v) is 9.45. The predicted octanol–water partition coefficient (Wildman–Crippen LogP) is 3.35. The number of β-amino-alcohol motifs (C(OH)–C–C–N with tert-alkyl or cyclic N) is 1. The highest BCUT2D eigenvalue weighted by Crippen LogP contribution is 2.40. The van der Waals surface area contributed by atoms with Crippen molar-refractivity contribution in [1.82, 2.24) is 14.9 Å². The summed E-state index contributed by atoms with van der Waals surface area (Å²) in [7, 11) is 0. The summed E-state index contributed by atoms with van der Waals surface area (Å²) in [5, 5.41) is 11.4. The fourth-order valence-corrected chi connectivity index (χ4v) is 4.67. The Balaban J connectivity index is 1.69. The van der Waals surface area contributed by atoms with Gasteiger partial charge in [-0.05, 0) is 43.0 Å². The van der Waals surface area contributed by atoms with Crippen molar-refractivity contribution in [1.29, 1.82) is 0 Å². The van der Waals surface area contributed by atoms with E-state index in [9.17, 15) is 37.1 Å². The minimum atomic E-state index is -4.72. The van der Waals surface area contributed by atoms with Crippen LogP contribution in [0.15, 0.2) is 41.3 Å². The third-order valence-corrected chi connectivity index (χ3v) is 6.68. The minimum absolute atomic E-state index is 0.0531. The van der Waals surface area contributed by atoms with Gasteiger partial charge in [-0.15, -0.1) is 0 Å². The van der Waals surface area contributed by atoms with Gasteiger partial charge in [-0.25, -0.2) is 9.37 Å². The van der Waals surface area contributed by atoms with Crippen molar-refractivity contribution < 1.29 is 32.3 Å². The van der Waals surface area contributed by atoms with E-state index in [0.717, 1.165) is 16.8 Å². The normalized spacial score (nSPS) is 18.9. The van der Waals surface area contributed by atoms with Gasteiger partial charge in [0.05, 0.1) is 29.5 Å². The number of alkyl halides is 3. The molecule has 2 aromatic heterocycles. The first-order valence-corrected chi connectivity index (χ1v) is 11.7. The molecule has 1 aliphatic heterocycles. The predicted molar refractivity (Wildman–Crippen MR) is 125 cm³/mol. The molecule has 13 heteroatoms. The third kappa shape index (κ3) is 4.66. The number of aromatic nitrogens is 2. The monoisotopic (exact) mass is 538 g/mol. The molecule has 1 saturated heterocycles.